The van der Waals surface area contributed by atoms with Crippen LogP contribution in [0.4, 0.5) is 4.39 Å². The number of amides is 3. The highest BCUT2D eigenvalue weighted by Crippen LogP contribution is 2.26. The molecule has 3 rings (SSSR count). The molecule has 0 radical (unpaired) electrons. The fourth-order valence-corrected chi connectivity index (χ4v) is 3.70. The Kier molecular flexibility index (Phi) is 8.23. The molecule has 2 aromatic carbocycles. The van der Waals surface area contributed by atoms with Gasteiger partial charge in [0, 0.05) is 36.8 Å². The molecular weight excluding hydrogens is 429 g/mol. The van der Waals surface area contributed by atoms with Crippen LogP contribution in [0.3, 0.4) is 0 Å². The molecule has 33 heavy (non-hydrogen) atoms. The molecule has 2 aromatic rings. The number of likely N-dealkylation sites (tertiary alicyclic amines) is 1. The number of hydrogen-bond donors (Lipinski definition) is 2. The van der Waals surface area contributed by atoms with Gasteiger partial charge in [0.1, 0.15) is 23.4 Å². The largest absolute Gasteiger partial charge is 0.497 e. The third-order valence-electron chi connectivity index (χ3n) is 5.46. The third-order valence-corrected chi connectivity index (χ3v) is 5.46. The van der Waals surface area contributed by atoms with Gasteiger partial charge < -0.3 is 25.0 Å². The highest BCUT2D eigenvalue weighted by atomic mass is 19.1. The Morgan fingerprint density at radius 2 is 1.61 bits per heavy atom. The summed E-state index contributed by atoms with van der Waals surface area (Å²) in [5.74, 6) is -0.181. The number of methoxy groups -OCH3 is 2. The van der Waals surface area contributed by atoms with E-state index in [-0.39, 0.29) is 17.7 Å². The molecule has 0 unspecified atom stereocenters. The van der Waals surface area contributed by atoms with E-state index >= 15 is 0 Å². The second-order valence-electron chi connectivity index (χ2n) is 7.67. The molecule has 1 atom stereocenters. The van der Waals surface area contributed by atoms with E-state index in [2.05, 4.69) is 10.6 Å². The summed E-state index contributed by atoms with van der Waals surface area (Å²) < 4.78 is 23.4. The lowest BCUT2D eigenvalue weighted by atomic mass is 10.1. The molecule has 0 bridgehead atoms. The van der Waals surface area contributed by atoms with Crippen molar-refractivity contribution >= 4 is 17.7 Å². The first-order chi connectivity index (χ1) is 15.9. The number of benzene rings is 2. The Morgan fingerprint density at radius 1 is 0.970 bits per heavy atom. The molecule has 3 amide bonds. The normalized spacial score (nSPS) is 15.1. The number of carbonyl (C=O) groups is 3. The molecule has 0 spiro atoms. The fourth-order valence-electron chi connectivity index (χ4n) is 3.70. The minimum Gasteiger partial charge on any atom is -0.497 e. The van der Waals surface area contributed by atoms with Crippen molar-refractivity contribution in [3.8, 4) is 11.5 Å². The lowest BCUT2D eigenvalue weighted by Crippen LogP contribution is -2.46. The summed E-state index contributed by atoms with van der Waals surface area (Å²) in [7, 11) is 3.02. The van der Waals surface area contributed by atoms with Gasteiger partial charge in [-0.1, -0.05) is 0 Å². The van der Waals surface area contributed by atoms with E-state index in [1.807, 2.05) is 0 Å². The minimum absolute atomic E-state index is 0.222. The molecule has 1 aliphatic rings. The van der Waals surface area contributed by atoms with Crippen molar-refractivity contribution < 1.29 is 28.2 Å². The SMILES string of the molecule is COc1cc(OC)cc(C(=O)N2CCC[C@@H]2C(=O)NCCCNC(=O)c2ccc(F)cc2)c1. The summed E-state index contributed by atoms with van der Waals surface area (Å²) in [4.78, 5) is 39.4. The smallest absolute Gasteiger partial charge is 0.254 e. The maximum absolute atomic E-state index is 13.1. The van der Waals surface area contributed by atoms with E-state index in [0.29, 0.717) is 55.1 Å². The van der Waals surface area contributed by atoms with Crippen LogP contribution >= 0.6 is 0 Å². The first-order valence-electron chi connectivity index (χ1n) is 10.8. The lowest BCUT2D eigenvalue weighted by Gasteiger charge is -2.24. The number of rotatable bonds is 9. The van der Waals surface area contributed by atoms with E-state index < -0.39 is 11.9 Å². The molecule has 0 saturated carbocycles. The summed E-state index contributed by atoms with van der Waals surface area (Å²) in [6.45, 7) is 1.20. The van der Waals surface area contributed by atoms with E-state index in [1.54, 1.807) is 23.1 Å². The van der Waals surface area contributed by atoms with Gasteiger partial charge in [0.2, 0.25) is 5.91 Å². The number of carbonyl (C=O) groups excluding carboxylic acids is 3. The quantitative estimate of drug-likeness (QED) is 0.564. The van der Waals surface area contributed by atoms with Crippen LogP contribution in [0, 0.1) is 5.82 Å². The van der Waals surface area contributed by atoms with Crippen LogP contribution in [0.15, 0.2) is 42.5 Å². The first kappa shape index (κ1) is 24.0. The van der Waals surface area contributed by atoms with Crippen molar-refractivity contribution in [2.75, 3.05) is 33.9 Å². The topological polar surface area (TPSA) is 97.0 Å². The standard InChI is InChI=1S/C24H28FN3O5/c1-32-19-13-17(14-20(15-19)33-2)24(31)28-12-3-5-21(28)23(30)27-11-4-10-26-22(29)16-6-8-18(25)9-7-16/h6-9,13-15,21H,3-5,10-12H2,1-2H3,(H,26,29)(H,27,30)/t21-/m1/s1. The molecule has 8 nitrogen and oxygen atoms in total. The predicted molar refractivity (Wildman–Crippen MR) is 120 cm³/mol. The summed E-state index contributed by atoms with van der Waals surface area (Å²) in [6.07, 6.45) is 1.84. The van der Waals surface area contributed by atoms with E-state index in [4.69, 9.17) is 9.47 Å². The van der Waals surface area contributed by atoms with Crippen LogP contribution in [0.2, 0.25) is 0 Å². The summed E-state index contributed by atoms with van der Waals surface area (Å²) in [5, 5.41) is 5.57. The van der Waals surface area contributed by atoms with Crippen LogP contribution in [0.5, 0.6) is 11.5 Å². The van der Waals surface area contributed by atoms with Gasteiger partial charge in [-0.3, -0.25) is 14.4 Å². The molecular formula is C24H28FN3O5. The zero-order valence-electron chi connectivity index (χ0n) is 18.7. The Bertz CT molecular complexity index is 974. The second-order valence-corrected chi connectivity index (χ2v) is 7.67. The zero-order chi connectivity index (χ0) is 23.8. The highest BCUT2D eigenvalue weighted by Gasteiger charge is 2.34. The van der Waals surface area contributed by atoms with E-state index in [0.717, 1.165) is 6.42 Å². The average Bonchev–Trinajstić information content (AvgIpc) is 3.33. The molecule has 176 valence electrons. The van der Waals surface area contributed by atoms with Crippen molar-refractivity contribution in [1.29, 1.82) is 0 Å². The number of halogens is 1. The van der Waals surface area contributed by atoms with Crippen molar-refractivity contribution in [2.24, 2.45) is 0 Å². The minimum atomic E-state index is -0.552. The van der Waals surface area contributed by atoms with Gasteiger partial charge in [0.15, 0.2) is 0 Å². The Labute approximate surface area is 192 Å². The first-order valence-corrected chi connectivity index (χ1v) is 10.8. The summed E-state index contributed by atoms with van der Waals surface area (Å²) >= 11 is 0. The van der Waals surface area contributed by atoms with Crippen molar-refractivity contribution in [1.82, 2.24) is 15.5 Å². The number of hydrogen-bond acceptors (Lipinski definition) is 5. The van der Waals surface area contributed by atoms with Gasteiger partial charge >= 0.3 is 0 Å². The predicted octanol–water partition coefficient (Wildman–Crippen LogP) is 2.38. The molecule has 0 aromatic heterocycles. The number of nitrogens with one attached hydrogen (secondary N) is 2. The molecule has 1 fully saturated rings. The van der Waals surface area contributed by atoms with Crippen LogP contribution in [0.25, 0.3) is 0 Å². The van der Waals surface area contributed by atoms with E-state index in [9.17, 15) is 18.8 Å². The highest BCUT2D eigenvalue weighted by molar-refractivity contribution is 5.98. The Hall–Kier alpha value is -3.62. The van der Waals surface area contributed by atoms with Crippen LogP contribution in [-0.4, -0.2) is 62.5 Å². The third kappa shape index (κ3) is 6.21. The maximum atomic E-state index is 13.1. The number of nitrogens with zero attached hydrogens (tertiary/aromatic N) is 1. The molecule has 2 N–H and O–H groups in total. The van der Waals surface area contributed by atoms with Gasteiger partial charge in [0.05, 0.1) is 14.2 Å². The Balaban J connectivity index is 1.49. The summed E-state index contributed by atoms with van der Waals surface area (Å²) in [5.41, 5.74) is 0.768. The van der Waals surface area contributed by atoms with Crippen LogP contribution < -0.4 is 20.1 Å². The molecule has 1 aliphatic heterocycles. The molecule has 1 saturated heterocycles. The van der Waals surface area contributed by atoms with Gasteiger partial charge in [-0.25, -0.2) is 4.39 Å². The lowest BCUT2D eigenvalue weighted by molar-refractivity contribution is -0.124. The van der Waals surface area contributed by atoms with Gasteiger partial charge in [-0.15, -0.1) is 0 Å². The Morgan fingerprint density at radius 3 is 2.24 bits per heavy atom. The molecule has 9 heteroatoms. The van der Waals surface area contributed by atoms with Crippen molar-refractivity contribution in [3.05, 3.63) is 59.4 Å². The maximum Gasteiger partial charge on any atom is 0.254 e. The van der Waals surface area contributed by atoms with Crippen LogP contribution in [-0.2, 0) is 4.79 Å². The molecule has 1 heterocycles. The monoisotopic (exact) mass is 457 g/mol. The van der Waals surface area contributed by atoms with Crippen molar-refractivity contribution in [2.45, 2.75) is 25.3 Å². The van der Waals surface area contributed by atoms with Gasteiger partial charge in [-0.05, 0) is 55.7 Å². The average molecular weight is 458 g/mol. The molecule has 0 aliphatic carbocycles. The number of ether oxygens (including phenoxy) is 2. The summed E-state index contributed by atoms with van der Waals surface area (Å²) in [6, 6.07) is 9.66. The van der Waals surface area contributed by atoms with Gasteiger partial charge in [0.25, 0.3) is 11.8 Å². The zero-order valence-corrected chi connectivity index (χ0v) is 18.7. The van der Waals surface area contributed by atoms with Gasteiger partial charge in [-0.2, -0.15) is 0 Å². The van der Waals surface area contributed by atoms with Crippen LogP contribution in [0.1, 0.15) is 40.0 Å². The second kappa shape index (κ2) is 11.3. The fraction of sp³-hybridized carbons (Fsp3) is 0.375. The van der Waals surface area contributed by atoms with E-state index in [1.165, 1.54) is 38.5 Å². The van der Waals surface area contributed by atoms with Crippen molar-refractivity contribution in [3.63, 3.8) is 0 Å².